The minimum atomic E-state index is 0.803. The molecule has 0 bridgehead atoms. The molecule has 0 unspecified atom stereocenters. The fourth-order valence-electron chi connectivity index (χ4n) is 2.02. The molecule has 1 fully saturated rings. The van der Waals surface area contributed by atoms with E-state index in [-0.39, 0.29) is 0 Å². The monoisotopic (exact) mass is 248 g/mol. The fourth-order valence-corrected chi connectivity index (χ4v) is 2.15. The van der Waals surface area contributed by atoms with Gasteiger partial charge in [-0.15, -0.1) is 0 Å². The van der Waals surface area contributed by atoms with Gasteiger partial charge in [0.25, 0.3) is 0 Å². The highest BCUT2D eigenvalue weighted by molar-refractivity contribution is 6.30. The van der Waals surface area contributed by atoms with E-state index in [4.69, 9.17) is 11.6 Å². The lowest BCUT2D eigenvalue weighted by Gasteiger charge is -2.32. The first-order valence-electron chi connectivity index (χ1n) is 5.92. The predicted octanol–water partition coefficient (Wildman–Crippen LogP) is 2.44. The van der Waals surface area contributed by atoms with E-state index in [9.17, 15) is 0 Å². The van der Waals surface area contributed by atoms with Crippen LogP contribution in [0, 0.1) is 12.0 Å². The van der Waals surface area contributed by atoms with E-state index in [1.54, 1.807) is 0 Å². The molecule has 0 spiro atoms. The van der Waals surface area contributed by atoms with E-state index in [0.717, 1.165) is 37.7 Å². The van der Waals surface area contributed by atoms with Gasteiger partial charge in [0.2, 0.25) is 0 Å². The molecule has 0 radical (unpaired) electrons. The van der Waals surface area contributed by atoms with Crippen molar-refractivity contribution in [2.45, 2.75) is 13.5 Å². The Morgan fingerprint density at radius 3 is 2.35 bits per heavy atom. The number of piperazine rings is 1. The first-order chi connectivity index (χ1) is 8.28. The van der Waals surface area contributed by atoms with Crippen LogP contribution in [0.1, 0.15) is 12.5 Å². The second kappa shape index (κ2) is 5.95. The topological polar surface area (TPSA) is 6.48 Å². The van der Waals surface area contributed by atoms with Crippen molar-refractivity contribution in [1.29, 1.82) is 0 Å². The average molecular weight is 249 g/mol. The van der Waals surface area contributed by atoms with Crippen LogP contribution in [0.4, 0.5) is 0 Å². The SMILES string of the molecule is CC#CN1CCN(Cc2ccc(Cl)cc2)CC1. The summed E-state index contributed by atoms with van der Waals surface area (Å²) in [5.41, 5.74) is 1.32. The van der Waals surface area contributed by atoms with Crippen LogP contribution in [0.3, 0.4) is 0 Å². The summed E-state index contributed by atoms with van der Waals surface area (Å²) in [4.78, 5) is 4.65. The molecule has 0 aliphatic carbocycles. The van der Waals surface area contributed by atoms with Crippen molar-refractivity contribution in [3.63, 3.8) is 0 Å². The van der Waals surface area contributed by atoms with Crippen LogP contribution in [0.15, 0.2) is 24.3 Å². The van der Waals surface area contributed by atoms with Gasteiger partial charge in [-0.3, -0.25) is 4.90 Å². The summed E-state index contributed by atoms with van der Waals surface area (Å²) in [6, 6.07) is 11.2. The van der Waals surface area contributed by atoms with Gasteiger partial charge in [0.15, 0.2) is 0 Å². The molecule has 17 heavy (non-hydrogen) atoms. The molecule has 90 valence electrons. The van der Waals surface area contributed by atoms with Crippen molar-refractivity contribution < 1.29 is 0 Å². The summed E-state index contributed by atoms with van der Waals surface area (Å²) in [6.07, 6.45) is 0. The van der Waals surface area contributed by atoms with Crippen molar-refractivity contribution >= 4 is 11.6 Å². The molecule has 1 aromatic rings. The number of benzene rings is 1. The molecular weight excluding hydrogens is 232 g/mol. The molecule has 1 aliphatic heterocycles. The molecule has 1 heterocycles. The van der Waals surface area contributed by atoms with Crippen molar-refractivity contribution in [3.05, 3.63) is 34.9 Å². The highest BCUT2D eigenvalue weighted by Gasteiger charge is 2.14. The summed E-state index contributed by atoms with van der Waals surface area (Å²) >= 11 is 5.87. The van der Waals surface area contributed by atoms with Crippen molar-refractivity contribution in [3.8, 4) is 12.0 Å². The summed E-state index contributed by atoms with van der Waals surface area (Å²) in [5.74, 6) is 2.95. The van der Waals surface area contributed by atoms with Crippen molar-refractivity contribution in [2.24, 2.45) is 0 Å². The second-order valence-electron chi connectivity index (χ2n) is 4.25. The molecule has 2 nitrogen and oxygen atoms in total. The summed E-state index contributed by atoms with van der Waals surface area (Å²) < 4.78 is 0. The molecule has 1 aromatic carbocycles. The van der Waals surface area contributed by atoms with Gasteiger partial charge in [-0.25, -0.2) is 0 Å². The molecule has 1 aliphatic rings. The predicted molar refractivity (Wildman–Crippen MR) is 71.8 cm³/mol. The molecule has 0 atom stereocenters. The van der Waals surface area contributed by atoms with Crippen LogP contribution in [0.5, 0.6) is 0 Å². The smallest absolute Gasteiger partial charge is 0.0406 e. The number of rotatable bonds is 2. The summed E-state index contributed by atoms with van der Waals surface area (Å²) in [6.45, 7) is 7.13. The Kier molecular flexibility index (Phi) is 4.30. The maximum absolute atomic E-state index is 5.87. The second-order valence-corrected chi connectivity index (χ2v) is 4.69. The fraction of sp³-hybridized carbons (Fsp3) is 0.429. The standard InChI is InChI=1S/C14H17ClN2/c1-2-7-16-8-10-17(11-9-16)12-13-3-5-14(15)6-4-13/h3-6H,8-12H2,1H3. The Balaban J connectivity index is 1.85. The van der Waals surface area contributed by atoms with Crippen molar-refractivity contribution in [1.82, 2.24) is 9.80 Å². The first kappa shape index (κ1) is 12.3. The van der Waals surface area contributed by atoms with Crippen LogP contribution < -0.4 is 0 Å². The van der Waals surface area contributed by atoms with E-state index in [1.807, 2.05) is 19.1 Å². The minimum Gasteiger partial charge on any atom is -0.330 e. The van der Waals surface area contributed by atoms with Crippen LogP contribution >= 0.6 is 11.6 Å². The number of hydrogen-bond acceptors (Lipinski definition) is 2. The third-order valence-electron chi connectivity index (χ3n) is 2.96. The van der Waals surface area contributed by atoms with E-state index >= 15 is 0 Å². The van der Waals surface area contributed by atoms with E-state index in [2.05, 4.69) is 33.9 Å². The minimum absolute atomic E-state index is 0.803. The van der Waals surface area contributed by atoms with Gasteiger partial charge in [0.05, 0.1) is 0 Å². The zero-order chi connectivity index (χ0) is 12.1. The number of halogens is 1. The maximum atomic E-state index is 5.87. The van der Waals surface area contributed by atoms with Gasteiger partial charge < -0.3 is 4.90 Å². The molecule has 3 heteroatoms. The summed E-state index contributed by atoms with van der Waals surface area (Å²) in [7, 11) is 0. The van der Waals surface area contributed by atoms with Crippen molar-refractivity contribution in [2.75, 3.05) is 26.2 Å². The molecule has 0 aromatic heterocycles. The van der Waals surface area contributed by atoms with Gasteiger partial charge in [0.1, 0.15) is 0 Å². The largest absolute Gasteiger partial charge is 0.330 e. The van der Waals surface area contributed by atoms with E-state index in [0.29, 0.717) is 0 Å². The Bertz CT molecular complexity index is 408. The van der Waals surface area contributed by atoms with E-state index < -0.39 is 0 Å². The highest BCUT2D eigenvalue weighted by atomic mass is 35.5. The lowest BCUT2D eigenvalue weighted by molar-refractivity contribution is 0.169. The summed E-state index contributed by atoms with van der Waals surface area (Å²) in [5, 5.41) is 0.803. The average Bonchev–Trinajstić information content (AvgIpc) is 2.35. The third-order valence-corrected chi connectivity index (χ3v) is 3.21. The van der Waals surface area contributed by atoms with Gasteiger partial charge in [-0.2, -0.15) is 0 Å². The Morgan fingerprint density at radius 2 is 1.76 bits per heavy atom. The maximum Gasteiger partial charge on any atom is 0.0406 e. The first-order valence-corrected chi connectivity index (χ1v) is 6.30. The quantitative estimate of drug-likeness (QED) is 0.742. The van der Waals surface area contributed by atoms with E-state index in [1.165, 1.54) is 5.56 Å². The molecule has 0 N–H and O–H groups in total. The molecule has 0 saturated carbocycles. The van der Waals surface area contributed by atoms with Crippen LogP contribution in [-0.2, 0) is 6.54 Å². The number of hydrogen-bond donors (Lipinski definition) is 0. The number of nitrogens with zero attached hydrogens (tertiary/aromatic N) is 2. The van der Waals surface area contributed by atoms with Gasteiger partial charge in [-0.1, -0.05) is 29.7 Å². The lowest BCUT2D eigenvalue weighted by atomic mass is 10.2. The Morgan fingerprint density at radius 1 is 1.12 bits per heavy atom. The third kappa shape index (κ3) is 3.66. The highest BCUT2D eigenvalue weighted by Crippen LogP contribution is 2.12. The normalized spacial score (nSPS) is 16.5. The van der Waals surface area contributed by atoms with Gasteiger partial charge >= 0.3 is 0 Å². The van der Waals surface area contributed by atoms with Crippen LogP contribution in [0.2, 0.25) is 5.02 Å². The zero-order valence-electron chi connectivity index (χ0n) is 10.1. The molecule has 0 amide bonds. The van der Waals surface area contributed by atoms with Crippen LogP contribution in [-0.4, -0.2) is 36.0 Å². The van der Waals surface area contributed by atoms with Crippen LogP contribution in [0.25, 0.3) is 0 Å². The zero-order valence-corrected chi connectivity index (χ0v) is 10.9. The van der Waals surface area contributed by atoms with Gasteiger partial charge in [0, 0.05) is 43.8 Å². The Labute approximate surface area is 108 Å². The molecular formula is C14H17ClN2. The Hall–Kier alpha value is -1.17. The lowest BCUT2D eigenvalue weighted by Crippen LogP contribution is -2.43. The molecule has 2 rings (SSSR count). The molecule has 1 saturated heterocycles. The van der Waals surface area contributed by atoms with Gasteiger partial charge in [-0.05, 0) is 24.6 Å².